The molecule has 10 nitrogen and oxygen atoms in total. The fraction of sp³-hybridized carbons (Fsp3) is 0.667. The van der Waals surface area contributed by atoms with Crippen LogP contribution in [0.5, 0.6) is 0 Å². The highest BCUT2D eigenvalue weighted by Gasteiger charge is 2.16. The normalized spacial score (nSPS) is 14.6. The molecule has 0 bridgehead atoms. The Balaban J connectivity index is 4.88. The van der Waals surface area contributed by atoms with Crippen LogP contribution in [0.1, 0.15) is 20.8 Å². The van der Waals surface area contributed by atoms with Gasteiger partial charge >= 0.3 is 12.2 Å². The summed E-state index contributed by atoms with van der Waals surface area (Å²) in [6, 6.07) is 0. The van der Waals surface area contributed by atoms with Crippen LogP contribution in [0.2, 0.25) is 0 Å². The molecule has 124 valence electrons. The molecule has 2 amide bonds. The van der Waals surface area contributed by atoms with Gasteiger partial charge in [0.05, 0.1) is 5.71 Å². The number of rotatable bonds is 5. The Morgan fingerprint density at radius 3 is 2.18 bits per heavy atom. The van der Waals surface area contributed by atoms with Crippen molar-refractivity contribution in [3.8, 4) is 0 Å². The summed E-state index contributed by atoms with van der Waals surface area (Å²) < 4.78 is 9.98. The van der Waals surface area contributed by atoms with Gasteiger partial charge in [0.2, 0.25) is 5.84 Å². The van der Waals surface area contributed by atoms with Crippen molar-refractivity contribution in [1.82, 2.24) is 10.2 Å². The number of alkyl carbamates (subject to hydrolysis) is 1. The van der Waals surface area contributed by atoms with E-state index in [1.807, 2.05) is 0 Å². The van der Waals surface area contributed by atoms with Gasteiger partial charge in [0.1, 0.15) is 6.10 Å². The number of nitrogens with one attached hydrogen (secondary N) is 2. The predicted molar refractivity (Wildman–Crippen MR) is 80.3 cm³/mol. The summed E-state index contributed by atoms with van der Waals surface area (Å²) >= 11 is 0. The van der Waals surface area contributed by atoms with Gasteiger partial charge in [-0.05, 0) is 20.8 Å². The SMILES string of the molecule is CNC(=O)OC(C)/C(N=N)=N/N=C(\C)C(C)OC(=O)N(C)C. The molecule has 0 aromatic rings. The average Bonchev–Trinajstić information content (AvgIpc) is 2.46. The van der Waals surface area contributed by atoms with Crippen LogP contribution in [0.4, 0.5) is 9.59 Å². The lowest BCUT2D eigenvalue weighted by Crippen LogP contribution is -2.30. The summed E-state index contributed by atoms with van der Waals surface area (Å²) in [5.74, 6) is -0.0888. The highest BCUT2D eigenvalue weighted by Crippen LogP contribution is 2.02. The molecule has 0 radical (unpaired) electrons. The topological polar surface area (TPSA) is 129 Å². The molecule has 0 saturated heterocycles. The monoisotopic (exact) mass is 314 g/mol. The molecule has 0 aliphatic carbocycles. The van der Waals surface area contributed by atoms with E-state index in [0.717, 1.165) is 0 Å². The maximum absolute atomic E-state index is 11.4. The second kappa shape index (κ2) is 9.42. The Morgan fingerprint density at radius 2 is 1.73 bits per heavy atom. The van der Waals surface area contributed by atoms with Crippen molar-refractivity contribution in [3.05, 3.63) is 0 Å². The van der Waals surface area contributed by atoms with Gasteiger partial charge in [-0.25, -0.2) is 15.1 Å². The van der Waals surface area contributed by atoms with E-state index in [2.05, 4.69) is 20.6 Å². The van der Waals surface area contributed by atoms with Crippen molar-refractivity contribution in [1.29, 1.82) is 5.53 Å². The average molecular weight is 314 g/mol. The first-order valence-corrected chi connectivity index (χ1v) is 6.48. The van der Waals surface area contributed by atoms with Crippen molar-refractivity contribution >= 4 is 23.7 Å². The fourth-order valence-corrected chi connectivity index (χ4v) is 1.02. The Kier molecular flexibility index (Phi) is 8.34. The highest BCUT2D eigenvalue weighted by molar-refractivity contribution is 5.91. The van der Waals surface area contributed by atoms with Crippen LogP contribution in [-0.2, 0) is 9.47 Å². The molecule has 10 heteroatoms. The zero-order valence-electron chi connectivity index (χ0n) is 13.6. The molecule has 0 fully saturated rings. The Bertz CT molecular complexity index is 474. The summed E-state index contributed by atoms with van der Waals surface area (Å²) in [5, 5.41) is 13.0. The number of hydrogen-bond donors (Lipinski definition) is 2. The zero-order chi connectivity index (χ0) is 17.3. The quantitative estimate of drug-likeness (QED) is 0.345. The Morgan fingerprint density at radius 1 is 1.14 bits per heavy atom. The standard InChI is InChI=1S/C12H22N6O4/c1-7(8(2)22-12(20)18(5)6)16-17-10(15-13)9(3)21-11(19)14-4/h8-9,13H,1-6H3,(H,14,19)/b15-13?,16-7+,17-10-. The van der Waals surface area contributed by atoms with Crippen LogP contribution in [0, 0.1) is 5.53 Å². The lowest BCUT2D eigenvalue weighted by molar-refractivity contribution is 0.106. The predicted octanol–water partition coefficient (Wildman–Crippen LogP) is 1.62. The summed E-state index contributed by atoms with van der Waals surface area (Å²) in [7, 11) is 4.54. The molecule has 0 saturated carbocycles. The molecular formula is C12H22N6O4. The molecule has 2 atom stereocenters. The summed E-state index contributed by atoms with van der Waals surface area (Å²) in [4.78, 5) is 23.8. The van der Waals surface area contributed by atoms with Crippen LogP contribution in [-0.4, -0.2) is 62.0 Å². The molecule has 0 aliphatic rings. The van der Waals surface area contributed by atoms with E-state index in [-0.39, 0.29) is 5.84 Å². The van der Waals surface area contributed by atoms with Crippen molar-refractivity contribution in [2.24, 2.45) is 15.3 Å². The zero-order valence-corrected chi connectivity index (χ0v) is 13.6. The maximum atomic E-state index is 11.4. The van der Waals surface area contributed by atoms with Gasteiger partial charge in [0, 0.05) is 21.1 Å². The number of ether oxygens (including phenoxy) is 2. The number of nitrogens with zero attached hydrogens (tertiary/aromatic N) is 4. The number of amides is 2. The first-order valence-electron chi connectivity index (χ1n) is 6.48. The fourth-order valence-electron chi connectivity index (χ4n) is 1.02. The highest BCUT2D eigenvalue weighted by atomic mass is 16.6. The van der Waals surface area contributed by atoms with Crippen LogP contribution >= 0.6 is 0 Å². The summed E-state index contributed by atoms with van der Waals surface area (Å²) in [6.07, 6.45) is -2.61. The minimum absolute atomic E-state index is 0.0888. The van der Waals surface area contributed by atoms with E-state index in [1.165, 1.54) is 18.9 Å². The van der Waals surface area contributed by atoms with Crippen LogP contribution in [0.15, 0.2) is 15.3 Å². The third-order valence-electron chi connectivity index (χ3n) is 2.51. The molecular weight excluding hydrogens is 292 g/mol. The smallest absolute Gasteiger partial charge is 0.409 e. The van der Waals surface area contributed by atoms with E-state index in [4.69, 9.17) is 15.0 Å². The van der Waals surface area contributed by atoms with E-state index in [9.17, 15) is 9.59 Å². The molecule has 0 aromatic heterocycles. The van der Waals surface area contributed by atoms with Crippen LogP contribution in [0.3, 0.4) is 0 Å². The van der Waals surface area contributed by atoms with Gasteiger partial charge in [-0.1, -0.05) is 0 Å². The molecule has 0 heterocycles. The van der Waals surface area contributed by atoms with Crippen LogP contribution < -0.4 is 5.32 Å². The van der Waals surface area contributed by atoms with Crippen LogP contribution in [0.25, 0.3) is 0 Å². The van der Waals surface area contributed by atoms with Gasteiger partial charge < -0.3 is 19.7 Å². The molecule has 0 aliphatic heterocycles. The third-order valence-corrected chi connectivity index (χ3v) is 2.51. The molecule has 2 unspecified atom stereocenters. The summed E-state index contributed by atoms with van der Waals surface area (Å²) in [5.41, 5.74) is 7.44. The van der Waals surface area contributed by atoms with E-state index in [0.29, 0.717) is 5.71 Å². The minimum atomic E-state index is -0.839. The Labute approximate surface area is 129 Å². The first-order chi connectivity index (χ1) is 10.2. The lowest BCUT2D eigenvalue weighted by atomic mass is 10.3. The van der Waals surface area contributed by atoms with Gasteiger partial charge in [-0.2, -0.15) is 5.10 Å². The molecule has 22 heavy (non-hydrogen) atoms. The van der Waals surface area contributed by atoms with Crippen molar-refractivity contribution in [3.63, 3.8) is 0 Å². The Hall–Kier alpha value is -2.52. The second-order valence-electron chi connectivity index (χ2n) is 4.53. The lowest BCUT2D eigenvalue weighted by Gasteiger charge is -2.16. The van der Waals surface area contributed by atoms with E-state index >= 15 is 0 Å². The first kappa shape index (κ1) is 19.5. The minimum Gasteiger partial charge on any atom is -0.440 e. The number of amidine groups is 1. The van der Waals surface area contributed by atoms with Gasteiger partial charge in [-0.15, -0.1) is 10.2 Å². The van der Waals surface area contributed by atoms with Crippen molar-refractivity contribution < 1.29 is 19.1 Å². The maximum Gasteiger partial charge on any atom is 0.409 e. The van der Waals surface area contributed by atoms with E-state index in [1.54, 1.807) is 27.9 Å². The molecule has 0 rings (SSSR count). The molecule has 0 aromatic carbocycles. The second-order valence-corrected chi connectivity index (χ2v) is 4.53. The number of hydrogen-bond acceptors (Lipinski definition) is 7. The largest absolute Gasteiger partial charge is 0.440 e. The third kappa shape index (κ3) is 6.77. The van der Waals surface area contributed by atoms with Gasteiger partial charge in [-0.3, -0.25) is 0 Å². The van der Waals surface area contributed by atoms with Gasteiger partial charge in [0.25, 0.3) is 0 Å². The molecule has 2 N–H and O–H groups in total. The number of carbonyl (C=O) groups is 2. The van der Waals surface area contributed by atoms with E-state index < -0.39 is 24.4 Å². The van der Waals surface area contributed by atoms with Gasteiger partial charge in [0.15, 0.2) is 6.10 Å². The van der Waals surface area contributed by atoms with Crippen molar-refractivity contribution in [2.45, 2.75) is 33.0 Å². The molecule has 0 spiro atoms. The van der Waals surface area contributed by atoms with Crippen molar-refractivity contribution in [2.75, 3.05) is 21.1 Å². The number of carbonyl (C=O) groups excluding carboxylic acids is 2. The summed E-state index contributed by atoms with van der Waals surface area (Å²) in [6.45, 7) is 4.76.